The summed E-state index contributed by atoms with van der Waals surface area (Å²) in [6.07, 6.45) is 1.37. The molecule has 6 nitrogen and oxygen atoms in total. The number of rotatable bonds is 4. The average molecular weight is 321 g/mol. The van der Waals surface area contributed by atoms with Crippen molar-refractivity contribution < 1.29 is 14.1 Å². The minimum atomic E-state index is -0.226. The van der Waals surface area contributed by atoms with Gasteiger partial charge in [0.2, 0.25) is 0 Å². The van der Waals surface area contributed by atoms with Crippen LogP contribution in [-0.4, -0.2) is 53.8 Å². The molecule has 1 amide bonds. The molecular weight excluding hydrogens is 302 g/mol. The highest BCUT2D eigenvalue weighted by Crippen LogP contribution is 2.30. The van der Waals surface area contributed by atoms with Gasteiger partial charge in [0, 0.05) is 32.2 Å². The van der Waals surface area contributed by atoms with Crippen LogP contribution in [0.4, 0.5) is 4.79 Å². The molecule has 0 N–H and O–H groups in total. The summed E-state index contributed by atoms with van der Waals surface area (Å²) in [6, 6.07) is 4.09. The zero-order valence-electron chi connectivity index (χ0n) is 12.5. The first kappa shape index (κ1) is 15.1. The van der Waals surface area contributed by atoms with Gasteiger partial charge in [-0.1, -0.05) is 5.16 Å². The third-order valence-electron chi connectivity index (χ3n) is 3.80. The first-order chi connectivity index (χ1) is 10.8. The molecule has 0 aliphatic carbocycles. The molecule has 3 rings (SSSR count). The van der Waals surface area contributed by atoms with E-state index >= 15 is 0 Å². The van der Waals surface area contributed by atoms with Gasteiger partial charge in [-0.05, 0) is 29.3 Å². The summed E-state index contributed by atoms with van der Waals surface area (Å²) in [5.74, 6) is 0. The van der Waals surface area contributed by atoms with E-state index in [0.717, 1.165) is 18.8 Å². The van der Waals surface area contributed by atoms with Crippen molar-refractivity contribution in [3.05, 3.63) is 40.4 Å². The van der Waals surface area contributed by atoms with Crippen molar-refractivity contribution in [1.29, 1.82) is 0 Å². The first-order valence-electron chi connectivity index (χ1n) is 7.37. The zero-order valence-corrected chi connectivity index (χ0v) is 13.3. The number of amides is 1. The summed E-state index contributed by atoms with van der Waals surface area (Å²) in [5.41, 5.74) is 2.12. The number of carbonyl (C=O) groups is 1. The van der Waals surface area contributed by atoms with Crippen LogP contribution in [0.1, 0.15) is 24.2 Å². The molecule has 3 heterocycles. The number of thiophene rings is 1. The zero-order chi connectivity index (χ0) is 15.4. The lowest BCUT2D eigenvalue weighted by molar-refractivity contribution is 0.0706. The normalized spacial score (nSPS) is 17.4. The number of carbonyl (C=O) groups excluding carboxylic acids is 1. The molecule has 1 aliphatic heterocycles. The van der Waals surface area contributed by atoms with Crippen LogP contribution in [0.2, 0.25) is 0 Å². The van der Waals surface area contributed by atoms with Gasteiger partial charge in [-0.2, -0.15) is 11.3 Å². The van der Waals surface area contributed by atoms with E-state index < -0.39 is 0 Å². The van der Waals surface area contributed by atoms with E-state index in [0.29, 0.717) is 19.7 Å². The maximum absolute atomic E-state index is 11.8. The highest BCUT2D eigenvalue weighted by Gasteiger charge is 2.30. The molecule has 1 atom stereocenters. The molecular formula is C15H19N3O3S. The Kier molecular flexibility index (Phi) is 4.74. The number of hydrogen-bond acceptors (Lipinski definition) is 6. The van der Waals surface area contributed by atoms with Crippen molar-refractivity contribution in [2.24, 2.45) is 0 Å². The summed E-state index contributed by atoms with van der Waals surface area (Å²) < 4.78 is 10.1. The minimum Gasteiger partial charge on any atom is -0.450 e. The third kappa shape index (κ3) is 3.15. The second-order valence-corrected chi connectivity index (χ2v) is 5.89. The van der Waals surface area contributed by atoms with Crippen molar-refractivity contribution in [3.63, 3.8) is 0 Å². The number of nitrogens with zero attached hydrogens (tertiary/aromatic N) is 3. The minimum absolute atomic E-state index is 0.0781. The Hall–Kier alpha value is -1.86. The van der Waals surface area contributed by atoms with Gasteiger partial charge < -0.3 is 14.2 Å². The van der Waals surface area contributed by atoms with Crippen LogP contribution in [0.15, 0.2) is 33.7 Å². The highest BCUT2D eigenvalue weighted by atomic mass is 32.1. The summed E-state index contributed by atoms with van der Waals surface area (Å²) in [6.45, 7) is 5.13. The lowest BCUT2D eigenvalue weighted by atomic mass is 10.0. The Morgan fingerprint density at radius 1 is 1.41 bits per heavy atom. The lowest BCUT2D eigenvalue weighted by Crippen LogP contribution is -2.50. The van der Waals surface area contributed by atoms with Crippen LogP contribution >= 0.6 is 11.3 Å². The van der Waals surface area contributed by atoms with Crippen molar-refractivity contribution in [3.8, 4) is 0 Å². The average Bonchev–Trinajstić information content (AvgIpc) is 3.22. The molecule has 1 saturated heterocycles. The number of ether oxygens (including phenoxy) is 1. The summed E-state index contributed by atoms with van der Waals surface area (Å²) in [4.78, 5) is 15.9. The molecule has 1 unspecified atom stereocenters. The van der Waals surface area contributed by atoms with Crippen molar-refractivity contribution in [1.82, 2.24) is 15.0 Å². The van der Waals surface area contributed by atoms with Gasteiger partial charge in [0.15, 0.2) is 0 Å². The maximum Gasteiger partial charge on any atom is 0.409 e. The standard InChI is InChI=1S/C15H19N3O3S/c1-2-20-15(19)18-7-5-17(6-8-18)14(12-4-10-22-11-12)13-3-9-21-16-13/h3-4,9-11,14H,2,5-8H2,1H3. The predicted octanol–water partition coefficient (Wildman–Crippen LogP) is 2.60. The van der Waals surface area contributed by atoms with Crippen LogP contribution in [-0.2, 0) is 4.74 Å². The van der Waals surface area contributed by atoms with Crippen molar-refractivity contribution in [2.45, 2.75) is 13.0 Å². The lowest BCUT2D eigenvalue weighted by Gasteiger charge is -2.37. The summed E-state index contributed by atoms with van der Waals surface area (Å²) in [5, 5.41) is 8.32. The first-order valence-corrected chi connectivity index (χ1v) is 8.32. The van der Waals surface area contributed by atoms with Crippen molar-refractivity contribution in [2.75, 3.05) is 32.8 Å². The maximum atomic E-state index is 11.8. The third-order valence-corrected chi connectivity index (χ3v) is 4.50. The van der Waals surface area contributed by atoms with Gasteiger partial charge >= 0.3 is 6.09 Å². The largest absolute Gasteiger partial charge is 0.450 e. The molecule has 0 bridgehead atoms. The molecule has 7 heteroatoms. The molecule has 0 saturated carbocycles. The fourth-order valence-corrected chi connectivity index (χ4v) is 3.42. The van der Waals surface area contributed by atoms with Gasteiger partial charge in [-0.15, -0.1) is 0 Å². The van der Waals surface area contributed by atoms with Gasteiger partial charge in [0.1, 0.15) is 12.0 Å². The van der Waals surface area contributed by atoms with Gasteiger partial charge in [0.25, 0.3) is 0 Å². The SMILES string of the molecule is CCOC(=O)N1CCN(C(c2ccsc2)c2ccon2)CC1. The van der Waals surface area contributed by atoms with Gasteiger partial charge in [-0.25, -0.2) is 4.79 Å². The van der Waals surface area contributed by atoms with E-state index in [1.807, 2.05) is 13.0 Å². The second kappa shape index (κ2) is 6.93. The van der Waals surface area contributed by atoms with E-state index in [-0.39, 0.29) is 12.1 Å². The summed E-state index contributed by atoms with van der Waals surface area (Å²) in [7, 11) is 0. The van der Waals surface area contributed by atoms with E-state index in [9.17, 15) is 4.79 Å². The number of aromatic nitrogens is 1. The number of hydrogen-bond donors (Lipinski definition) is 0. The molecule has 22 heavy (non-hydrogen) atoms. The van der Waals surface area contributed by atoms with E-state index in [1.165, 1.54) is 5.56 Å². The van der Waals surface area contributed by atoms with Gasteiger partial charge in [-0.3, -0.25) is 4.90 Å². The van der Waals surface area contributed by atoms with Crippen LogP contribution in [0, 0.1) is 0 Å². The molecule has 0 aromatic carbocycles. The van der Waals surface area contributed by atoms with Crippen LogP contribution < -0.4 is 0 Å². The van der Waals surface area contributed by atoms with Crippen LogP contribution in [0.25, 0.3) is 0 Å². The van der Waals surface area contributed by atoms with Crippen LogP contribution in [0.3, 0.4) is 0 Å². The highest BCUT2D eigenvalue weighted by molar-refractivity contribution is 7.08. The molecule has 2 aromatic rings. The smallest absolute Gasteiger partial charge is 0.409 e. The Bertz CT molecular complexity index is 543. The quantitative estimate of drug-likeness (QED) is 0.866. The van der Waals surface area contributed by atoms with Crippen molar-refractivity contribution >= 4 is 17.4 Å². The van der Waals surface area contributed by atoms with E-state index in [2.05, 4.69) is 26.9 Å². The Balaban J connectivity index is 1.71. The molecule has 1 aliphatic rings. The Morgan fingerprint density at radius 2 is 2.23 bits per heavy atom. The fourth-order valence-electron chi connectivity index (χ4n) is 2.74. The summed E-state index contributed by atoms with van der Waals surface area (Å²) >= 11 is 1.67. The van der Waals surface area contributed by atoms with E-state index in [4.69, 9.17) is 9.26 Å². The van der Waals surface area contributed by atoms with Crippen LogP contribution in [0.5, 0.6) is 0 Å². The molecule has 0 radical (unpaired) electrons. The van der Waals surface area contributed by atoms with E-state index in [1.54, 1.807) is 22.5 Å². The molecule has 2 aromatic heterocycles. The Morgan fingerprint density at radius 3 is 2.82 bits per heavy atom. The number of piperazine rings is 1. The second-order valence-electron chi connectivity index (χ2n) is 5.11. The topological polar surface area (TPSA) is 58.8 Å². The monoisotopic (exact) mass is 321 g/mol. The Labute approximate surface area is 133 Å². The predicted molar refractivity (Wildman–Crippen MR) is 82.8 cm³/mol. The molecule has 118 valence electrons. The molecule has 1 fully saturated rings. The fraction of sp³-hybridized carbons (Fsp3) is 0.467. The molecule has 0 spiro atoms. The van der Waals surface area contributed by atoms with Gasteiger partial charge in [0.05, 0.1) is 12.6 Å².